The van der Waals surface area contributed by atoms with Crippen molar-refractivity contribution < 1.29 is 5.11 Å². The molecule has 1 aliphatic heterocycles. The summed E-state index contributed by atoms with van der Waals surface area (Å²) in [7, 11) is 0. The van der Waals surface area contributed by atoms with E-state index >= 15 is 0 Å². The van der Waals surface area contributed by atoms with Gasteiger partial charge in [0.15, 0.2) is 0 Å². The summed E-state index contributed by atoms with van der Waals surface area (Å²) in [4.78, 5) is 0.161. The van der Waals surface area contributed by atoms with Crippen molar-refractivity contribution in [2.75, 3.05) is 18.9 Å². The van der Waals surface area contributed by atoms with E-state index < -0.39 is 0 Å². The van der Waals surface area contributed by atoms with E-state index in [2.05, 4.69) is 12.2 Å². The highest BCUT2D eigenvalue weighted by molar-refractivity contribution is 8.00. The second-order valence-electron chi connectivity index (χ2n) is 2.48. The molecular formula is C6H13NOS. The average Bonchev–Trinajstić information content (AvgIpc) is 2.16. The first-order valence-corrected chi connectivity index (χ1v) is 4.25. The Bertz CT molecular complexity index is 91.1. The summed E-state index contributed by atoms with van der Waals surface area (Å²) in [6.45, 7) is 3.51. The smallest absolute Gasteiger partial charge is 0.0639 e. The summed E-state index contributed by atoms with van der Waals surface area (Å²) in [5.41, 5.74) is 0. The average molecular weight is 147 g/mol. The summed E-state index contributed by atoms with van der Waals surface area (Å²) in [6.07, 6.45) is 0.859. The lowest BCUT2D eigenvalue weighted by Crippen LogP contribution is -2.34. The molecule has 1 fully saturated rings. The molecule has 0 bridgehead atoms. The molecule has 0 aromatic rings. The number of nitrogens with one attached hydrogen (secondary N) is 1. The fourth-order valence-corrected chi connectivity index (χ4v) is 2.11. The molecule has 0 spiro atoms. The summed E-state index contributed by atoms with van der Waals surface area (Å²) < 4.78 is 0. The van der Waals surface area contributed by atoms with Crippen LogP contribution in [0.4, 0.5) is 0 Å². The molecule has 1 rings (SSSR count). The Balaban J connectivity index is 2.32. The number of thioether (sulfide) groups is 1. The molecule has 0 radical (unpaired) electrons. The number of aliphatic hydroxyl groups excluding tert-OH is 1. The van der Waals surface area contributed by atoms with E-state index in [1.807, 2.05) is 11.8 Å². The summed E-state index contributed by atoms with van der Waals surface area (Å²) >= 11 is 1.90. The third-order valence-corrected chi connectivity index (χ3v) is 3.00. The maximum absolute atomic E-state index is 8.64. The fourth-order valence-electron chi connectivity index (χ4n) is 1.02. The predicted molar refractivity (Wildman–Crippen MR) is 40.6 cm³/mol. The molecule has 0 aromatic heterocycles. The Kier molecular flexibility index (Phi) is 2.38. The highest BCUT2D eigenvalue weighted by Gasteiger charge is 2.27. The lowest BCUT2D eigenvalue weighted by atomic mass is 10.2. The first-order valence-electron chi connectivity index (χ1n) is 3.27. The van der Waals surface area contributed by atoms with Crippen molar-refractivity contribution >= 4 is 11.8 Å². The van der Waals surface area contributed by atoms with Crippen molar-refractivity contribution in [3.05, 3.63) is 0 Å². The number of rotatable bonds is 2. The van der Waals surface area contributed by atoms with Crippen LogP contribution in [0.1, 0.15) is 13.3 Å². The van der Waals surface area contributed by atoms with Crippen molar-refractivity contribution in [3.8, 4) is 0 Å². The molecule has 0 aliphatic carbocycles. The highest BCUT2D eigenvalue weighted by Crippen LogP contribution is 2.29. The minimum absolute atomic E-state index is 0.161. The molecule has 0 aromatic carbocycles. The molecule has 2 N–H and O–H groups in total. The Labute approximate surface area is 60.0 Å². The van der Waals surface area contributed by atoms with Crippen molar-refractivity contribution in [3.63, 3.8) is 0 Å². The lowest BCUT2D eigenvalue weighted by Gasteiger charge is -2.21. The van der Waals surface area contributed by atoms with Gasteiger partial charge in [-0.25, -0.2) is 0 Å². The predicted octanol–water partition coefficient (Wildman–Crippen LogP) is 0.421. The molecule has 1 unspecified atom stereocenters. The van der Waals surface area contributed by atoms with E-state index in [9.17, 15) is 0 Å². The van der Waals surface area contributed by atoms with Crippen LogP contribution in [0.2, 0.25) is 0 Å². The Hall–Kier alpha value is 0.270. The summed E-state index contributed by atoms with van der Waals surface area (Å²) in [5, 5.41) is 12.0. The summed E-state index contributed by atoms with van der Waals surface area (Å²) in [6, 6.07) is 0. The van der Waals surface area contributed by atoms with Crippen LogP contribution in [0, 0.1) is 0 Å². The Morgan fingerprint density at radius 2 is 2.56 bits per heavy atom. The van der Waals surface area contributed by atoms with Crippen LogP contribution >= 0.6 is 11.8 Å². The van der Waals surface area contributed by atoms with Gasteiger partial charge in [-0.15, -0.1) is 11.8 Å². The van der Waals surface area contributed by atoms with Gasteiger partial charge in [0, 0.05) is 18.9 Å². The van der Waals surface area contributed by atoms with Crippen LogP contribution in [-0.2, 0) is 0 Å². The SMILES string of the molecule is CC1(CCO)NCCS1. The normalized spacial score (nSPS) is 35.3. The zero-order valence-electron chi connectivity index (χ0n) is 5.68. The van der Waals surface area contributed by atoms with Crippen LogP contribution in [0.5, 0.6) is 0 Å². The Morgan fingerprint density at radius 3 is 3.00 bits per heavy atom. The first-order chi connectivity index (χ1) is 4.27. The third-order valence-electron chi connectivity index (χ3n) is 1.61. The number of hydrogen-bond donors (Lipinski definition) is 2. The van der Waals surface area contributed by atoms with Crippen molar-refractivity contribution in [2.45, 2.75) is 18.2 Å². The lowest BCUT2D eigenvalue weighted by molar-refractivity contribution is 0.264. The van der Waals surface area contributed by atoms with E-state index in [4.69, 9.17) is 5.11 Å². The Morgan fingerprint density at radius 1 is 1.78 bits per heavy atom. The van der Waals surface area contributed by atoms with Crippen LogP contribution < -0.4 is 5.32 Å². The molecule has 1 atom stereocenters. The van der Waals surface area contributed by atoms with Gasteiger partial charge in [-0.2, -0.15) is 0 Å². The van der Waals surface area contributed by atoms with Gasteiger partial charge in [0.05, 0.1) is 4.87 Å². The van der Waals surface area contributed by atoms with Crippen LogP contribution in [0.25, 0.3) is 0 Å². The monoisotopic (exact) mass is 147 g/mol. The topological polar surface area (TPSA) is 32.3 Å². The molecule has 3 heteroatoms. The molecule has 1 aliphatic rings. The van der Waals surface area contributed by atoms with Crippen molar-refractivity contribution in [1.82, 2.24) is 5.32 Å². The van der Waals surface area contributed by atoms with E-state index in [1.54, 1.807) is 0 Å². The third kappa shape index (κ3) is 1.85. The number of hydrogen-bond acceptors (Lipinski definition) is 3. The molecule has 54 valence electrons. The van der Waals surface area contributed by atoms with E-state index in [0.717, 1.165) is 13.0 Å². The van der Waals surface area contributed by atoms with Gasteiger partial charge < -0.3 is 10.4 Å². The molecule has 9 heavy (non-hydrogen) atoms. The molecule has 1 saturated heterocycles. The van der Waals surface area contributed by atoms with Crippen LogP contribution in [0.3, 0.4) is 0 Å². The second-order valence-corrected chi connectivity index (χ2v) is 4.08. The van der Waals surface area contributed by atoms with Gasteiger partial charge in [0.25, 0.3) is 0 Å². The largest absolute Gasteiger partial charge is 0.396 e. The summed E-state index contributed by atoms with van der Waals surface area (Å²) in [5.74, 6) is 1.18. The minimum atomic E-state index is 0.161. The standard InChI is InChI=1S/C6H13NOS/c1-6(2-4-8)7-3-5-9-6/h7-8H,2-5H2,1H3. The van der Waals surface area contributed by atoms with E-state index in [0.29, 0.717) is 0 Å². The molecule has 0 amide bonds. The quantitative estimate of drug-likeness (QED) is 0.594. The molecule has 2 nitrogen and oxygen atoms in total. The number of aliphatic hydroxyl groups is 1. The van der Waals surface area contributed by atoms with Gasteiger partial charge in [0.1, 0.15) is 0 Å². The van der Waals surface area contributed by atoms with E-state index in [-0.39, 0.29) is 11.5 Å². The maximum Gasteiger partial charge on any atom is 0.0639 e. The van der Waals surface area contributed by atoms with Crippen LogP contribution in [-0.4, -0.2) is 28.9 Å². The van der Waals surface area contributed by atoms with Crippen molar-refractivity contribution in [2.24, 2.45) is 0 Å². The maximum atomic E-state index is 8.64. The minimum Gasteiger partial charge on any atom is -0.396 e. The van der Waals surface area contributed by atoms with Gasteiger partial charge in [0.2, 0.25) is 0 Å². The van der Waals surface area contributed by atoms with Gasteiger partial charge in [-0.05, 0) is 13.3 Å². The second kappa shape index (κ2) is 2.90. The zero-order chi connectivity index (χ0) is 6.74. The fraction of sp³-hybridized carbons (Fsp3) is 1.00. The molecule has 0 saturated carbocycles. The van der Waals surface area contributed by atoms with Gasteiger partial charge in [-0.3, -0.25) is 0 Å². The van der Waals surface area contributed by atoms with Gasteiger partial charge >= 0.3 is 0 Å². The van der Waals surface area contributed by atoms with Gasteiger partial charge in [-0.1, -0.05) is 0 Å². The molecule has 1 heterocycles. The zero-order valence-corrected chi connectivity index (χ0v) is 6.50. The van der Waals surface area contributed by atoms with E-state index in [1.165, 1.54) is 5.75 Å². The first kappa shape index (κ1) is 7.38. The van der Waals surface area contributed by atoms with Crippen LogP contribution in [0.15, 0.2) is 0 Å². The molecular weight excluding hydrogens is 134 g/mol. The van der Waals surface area contributed by atoms with Crippen molar-refractivity contribution in [1.29, 1.82) is 0 Å². The highest BCUT2D eigenvalue weighted by atomic mass is 32.2.